The van der Waals surface area contributed by atoms with Crippen molar-refractivity contribution in [3.05, 3.63) is 11.6 Å². The molecule has 4 fully saturated rings. The number of hydrogen-bond donors (Lipinski definition) is 3. The molecule has 0 radical (unpaired) electrons. The highest BCUT2D eigenvalue weighted by Gasteiger charge is 2.59. The molecule has 7 nitrogen and oxygen atoms in total. The Morgan fingerprint density at radius 2 is 1.50 bits per heavy atom. The zero-order chi connectivity index (χ0) is 38.9. The Balaban J connectivity index is 1.06. The summed E-state index contributed by atoms with van der Waals surface area (Å²) in [6.07, 6.45) is 23.4. The van der Waals surface area contributed by atoms with Crippen LogP contribution in [0, 0.1) is 46.3 Å². The molecular weight excluding hydrogens is 677 g/mol. The van der Waals surface area contributed by atoms with Crippen molar-refractivity contribution >= 4 is 5.97 Å². The lowest BCUT2D eigenvalue weighted by atomic mass is 9.47. The van der Waals surface area contributed by atoms with Crippen LogP contribution in [0.4, 0.5) is 0 Å². The summed E-state index contributed by atoms with van der Waals surface area (Å²) in [6, 6.07) is 0. The number of fused-ring (bicyclic) bond motifs is 5. The second-order valence-electron chi connectivity index (χ2n) is 19.8. The lowest BCUT2D eigenvalue weighted by Crippen LogP contribution is -2.60. The average Bonchev–Trinajstić information content (AvgIpc) is 3.50. The topological polar surface area (TPSA) is 105 Å². The minimum Gasteiger partial charge on any atom is -0.463 e. The van der Waals surface area contributed by atoms with Crippen LogP contribution in [0.3, 0.4) is 0 Å². The van der Waals surface area contributed by atoms with E-state index in [1.807, 2.05) is 0 Å². The van der Waals surface area contributed by atoms with Crippen LogP contribution in [0.25, 0.3) is 0 Å². The zero-order valence-electron chi connectivity index (χ0n) is 35.5. The van der Waals surface area contributed by atoms with E-state index in [0.29, 0.717) is 17.8 Å². The number of hydrogen-bond acceptors (Lipinski definition) is 7. The van der Waals surface area contributed by atoms with Crippen molar-refractivity contribution in [3.63, 3.8) is 0 Å². The highest BCUT2D eigenvalue weighted by Crippen LogP contribution is 2.67. The summed E-state index contributed by atoms with van der Waals surface area (Å²) in [5.41, 5.74) is 2.15. The molecule has 0 unspecified atom stereocenters. The van der Waals surface area contributed by atoms with Crippen LogP contribution in [-0.2, 0) is 19.0 Å². The van der Waals surface area contributed by atoms with Gasteiger partial charge in [-0.25, -0.2) is 0 Å². The summed E-state index contributed by atoms with van der Waals surface area (Å²) in [4.78, 5) is 12.5. The zero-order valence-corrected chi connectivity index (χ0v) is 35.5. The van der Waals surface area contributed by atoms with Gasteiger partial charge < -0.3 is 29.5 Å². The number of ether oxygens (including phenoxy) is 3. The molecule has 1 heterocycles. The number of aliphatic hydroxyl groups excluding tert-OH is 3. The molecule has 4 aliphatic carbocycles. The van der Waals surface area contributed by atoms with Crippen molar-refractivity contribution in [2.75, 3.05) is 6.61 Å². The standard InChI is InChI=1S/C47H82O7/c1-7-8-9-10-11-12-13-14-15-16-17-21-41(48)52-31-40-42(49)43(50)44(51)45(54-40)53-35-26-28-46(5)34(30-35)22-23-36-38-25-24-37(33(4)20-18-19-32(2)3)47(38,6)29-27-39(36)46/h22,32-33,35-40,42-45,49-51H,7-21,23-31H2,1-6H3/t33-,35+,36+,37-,38+,39+,40-,42-,43+,44-,45+,46+,47-/m1/s1. The Kier molecular flexibility index (Phi) is 16.8. The van der Waals surface area contributed by atoms with Crippen LogP contribution >= 0.6 is 0 Å². The quantitative estimate of drug-likeness (QED) is 0.0608. The molecule has 5 rings (SSSR count). The van der Waals surface area contributed by atoms with E-state index in [-0.39, 0.29) is 24.1 Å². The van der Waals surface area contributed by atoms with E-state index in [1.54, 1.807) is 0 Å². The molecule has 54 heavy (non-hydrogen) atoms. The SMILES string of the molecule is CCCCCCCCCCCCCC(=O)OC[C@H]1O[C@H](O[C@H]2CC[C@@]3(C)C(=CC[C@H]4[C@@H]5CC[C@H]([C@H](C)CCCC(C)C)[C@@]5(C)CC[C@@H]43)C2)[C@H](O)[C@@H](O)[C@@H]1O. The number of rotatable bonds is 21. The number of unbranched alkanes of at least 4 members (excludes halogenated alkanes) is 10. The Labute approximate surface area is 330 Å². The molecule has 7 heteroatoms. The van der Waals surface area contributed by atoms with Crippen molar-refractivity contribution in [2.24, 2.45) is 46.3 Å². The summed E-state index contributed by atoms with van der Waals surface area (Å²) < 4.78 is 18.0. The molecule has 13 atom stereocenters. The normalized spacial score (nSPS) is 38.4. The van der Waals surface area contributed by atoms with Crippen LogP contribution in [0.5, 0.6) is 0 Å². The molecule has 1 aliphatic heterocycles. The van der Waals surface area contributed by atoms with Gasteiger partial charge in [0, 0.05) is 6.42 Å². The van der Waals surface area contributed by atoms with Gasteiger partial charge in [-0.15, -0.1) is 0 Å². The Hall–Kier alpha value is -0.990. The first-order valence-corrected chi connectivity index (χ1v) is 23.1. The number of esters is 1. The van der Waals surface area contributed by atoms with Gasteiger partial charge in [-0.2, -0.15) is 0 Å². The number of allylic oxidation sites excluding steroid dienone is 1. The Bertz CT molecular complexity index is 1170. The first kappa shape index (κ1) is 44.1. The molecule has 0 aromatic heterocycles. The van der Waals surface area contributed by atoms with Crippen LogP contribution in [0.1, 0.15) is 189 Å². The fourth-order valence-corrected chi connectivity index (χ4v) is 12.3. The molecule has 0 amide bonds. The summed E-state index contributed by atoms with van der Waals surface area (Å²) in [7, 11) is 0. The summed E-state index contributed by atoms with van der Waals surface area (Å²) in [6.45, 7) is 14.5. The lowest BCUT2D eigenvalue weighted by Gasteiger charge is -2.58. The van der Waals surface area contributed by atoms with Gasteiger partial charge in [-0.1, -0.05) is 137 Å². The van der Waals surface area contributed by atoms with E-state index >= 15 is 0 Å². The third-order valence-electron chi connectivity index (χ3n) is 15.6. The van der Waals surface area contributed by atoms with Crippen LogP contribution in [0.15, 0.2) is 11.6 Å². The third kappa shape index (κ3) is 10.7. The second kappa shape index (κ2) is 20.6. The highest BCUT2D eigenvalue weighted by molar-refractivity contribution is 5.69. The highest BCUT2D eigenvalue weighted by atomic mass is 16.7. The largest absolute Gasteiger partial charge is 0.463 e. The lowest BCUT2D eigenvalue weighted by molar-refractivity contribution is -0.313. The summed E-state index contributed by atoms with van der Waals surface area (Å²) >= 11 is 0. The summed E-state index contributed by atoms with van der Waals surface area (Å²) in [5.74, 6) is 4.45. The first-order chi connectivity index (χ1) is 25.9. The van der Waals surface area contributed by atoms with Crippen molar-refractivity contribution in [1.82, 2.24) is 0 Å². The molecule has 0 aromatic carbocycles. The smallest absolute Gasteiger partial charge is 0.305 e. The van der Waals surface area contributed by atoms with Gasteiger partial charge in [0.25, 0.3) is 0 Å². The van der Waals surface area contributed by atoms with Crippen LogP contribution in [-0.4, -0.2) is 64.7 Å². The van der Waals surface area contributed by atoms with Crippen molar-refractivity contribution < 1.29 is 34.3 Å². The summed E-state index contributed by atoms with van der Waals surface area (Å²) in [5, 5.41) is 32.4. The monoisotopic (exact) mass is 759 g/mol. The van der Waals surface area contributed by atoms with E-state index in [1.165, 1.54) is 102 Å². The van der Waals surface area contributed by atoms with Gasteiger partial charge >= 0.3 is 5.97 Å². The van der Waals surface area contributed by atoms with E-state index in [0.717, 1.165) is 74.5 Å². The fourth-order valence-electron chi connectivity index (χ4n) is 12.3. The molecule has 0 aromatic rings. The van der Waals surface area contributed by atoms with Crippen molar-refractivity contribution in [2.45, 2.75) is 226 Å². The van der Waals surface area contributed by atoms with Gasteiger partial charge in [-0.3, -0.25) is 4.79 Å². The van der Waals surface area contributed by atoms with Gasteiger partial charge in [0.1, 0.15) is 31.0 Å². The Morgan fingerprint density at radius 3 is 2.19 bits per heavy atom. The number of carbonyl (C=O) groups is 1. The van der Waals surface area contributed by atoms with Crippen molar-refractivity contribution in [3.8, 4) is 0 Å². The average molecular weight is 759 g/mol. The molecule has 0 spiro atoms. The van der Waals surface area contributed by atoms with Gasteiger partial charge in [0.05, 0.1) is 6.10 Å². The van der Waals surface area contributed by atoms with Gasteiger partial charge in [0.2, 0.25) is 0 Å². The molecular formula is C47H82O7. The fraction of sp³-hybridized carbons (Fsp3) is 0.936. The van der Waals surface area contributed by atoms with Gasteiger partial charge in [0.15, 0.2) is 6.29 Å². The number of carbonyl (C=O) groups excluding carboxylic acids is 1. The van der Waals surface area contributed by atoms with E-state index < -0.39 is 30.7 Å². The number of aliphatic hydroxyl groups is 3. The minimum absolute atomic E-state index is 0.136. The maximum atomic E-state index is 12.5. The minimum atomic E-state index is -1.44. The molecule has 312 valence electrons. The van der Waals surface area contributed by atoms with Crippen LogP contribution < -0.4 is 0 Å². The first-order valence-electron chi connectivity index (χ1n) is 23.1. The molecule has 1 saturated heterocycles. The van der Waals surface area contributed by atoms with E-state index in [4.69, 9.17) is 14.2 Å². The second-order valence-corrected chi connectivity index (χ2v) is 19.8. The molecule has 0 bridgehead atoms. The van der Waals surface area contributed by atoms with E-state index in [2.05, 4.69) is 47.6 Å². The molecule has 3 saturated carbocycles. The van der Waals surface area contributed by atoms with Crippen LogP contribution in [0.2, 0.25) is 0 Å². The predicted octanol–water partition coefficient (Wildman–Crippen LogP) is 10.5. The third-order valence-corrected chi connectivity index (χ3v) is 15.6. The van der Waals surface area contributed by atoms with E-state index in [9.17, 15) is 20.1 Å². The molecule has 3 N–H and O–H groups in total. The van der Waals surface area contributed by atoms with Crippen molar-refractivity contribution in [1.29, 1.82) is 0 Å². The predicted molar refractivity (Wildman–Crippen MR) is 217 cm³/mol. The van der Waals surface area contributed by atoms with Gasteiger partial charge in [-0.05, 0) is 104 Å². The molecule has 5 aliphatic rings. The maximum Gasteiger partial charge on any atom is 0.305 e. The maximum absolute atomic E-state index is 12.5. The Morgan fingerprint density at radius 1 is 0.815 bits per heavy atom.